The molecule has 2 heterocycles. The number of aryl methyl sites for hydroxylation is 1. The molecule has 0 radical (unpaired) electrons. The second-order valence-electron chi connectivity index (χ2n) is 5.75. The molecule has 2 atom stereocenters. The summed E-state index contributed by atoms with van der Waals surface area (Å²) >= 11 is 0. The number of nitrogens with zero attached hydrogens (tertiary/aromatic N) is 3. The molecule has 0 saturated heterocycles. The lowest BCUT2D eigenvalue weighted by Gasteiger charge is -2.16. The molecule has 5 heteroatoms. The van der Waals surface area contributed by atoms with E-state index < -0.39 is 0 Å². The number of hydrogen-bond donors (Lipinski definition) is 1. The summed E-state index contributed by atoms with van der Waals surface area (Å²) in [5, 5.41) is 4.17. The first-order chi connectivity index (χ1) is 10.3. The molecule has 1 aliphatic rings. The normalized spacial score (nSPS) is 23.0. The molecule has 0 spiro atoms. The van der Waals surface area contributed by atoms with Crippen molar-refractivity contribution in [3.63, 3.8) is 0 Å². The van der Waals surface area contributed by atoms with Gasteiger partial charge in [-0.3, -0.25) is 4.98 Å². The number of nitrogens with two attached hydrogens (primary N) is 1. The molecule has 1 saturated carbocycles. The summed E-state index contributed by atoms with van der Waals surface area (Å²) in [6.07, 6.45) is 10.2. The van der Waals surface area contributed by atoms with Crippen LogP contribution in [0.5, 0.6) is 0 Å². The summed E-state index contributed by atoms with van der Waals surface area (Å²) in [5.74, 6) is 1.54. The number of rotatable bonds is 3. The number of pyridine rings is 1. The van der Waals surface area contributed by atoms with Crippen molar-refractivity contribution in [1.29, 1.82) is 0 Å². The Balaban J connectivity index is 1.89. The second kappa shape index (κ2) is 6.35. The molecule has 0 aromatic carbocycles. The molecule has 21 heavy (non-hydrogen) atoms. The van der Waals surface area contributed by atoms with Crippen molar-refractivity contribution in [3.8, 4) is 11.4 Å². The van der Waals surface area contributed by atoms with Crippen molar-refractivity contribution in [3.05, 3.63) is 29.9 Å². The third kappa shape index (κ3) is 2.97. The van der Waals surface area contributed by atoms with E-state index in [1.807, 2.05) is 12.3 Å². The largest absolute Gasteiger partial charge is 0.339 e. The average molecular weight is 286 g/mol. The molecular weight excluding hydrogens is 264 g/mol. The number of hydrogen-bond acceptors (Lipinski definition) is 5. The van der Waals surface area contributed by atoms with Gasteiger partial charge in [-0.2, -0.15) is 4.98 Å². The molecule has 0 amide bonds. The first-order valence-corrected chi connectivity index (χ1v) is 7.82. The van der Waals surface area contributed by atoms with Crippen LogP contribution in [0, 0.1) is 0 Å². The van der Waals surface area contributed by atoms with Crippen LogP contribution in [-0.2, 0) is 6.42 Å². The van der Waals surface area contributed by atoms with Crippen LogP contribution < -0.4 is 5.73 Å². The van der Waals surface area contributed by atoms with Crippen molar-refractivity contribution < 1.29 is 4.52 Å². The van der Waals surface area contributed by atoms with Crippen LogP contribution in [0.1, 0.15) is 56.4 Å². The molecule has 2 aromatic heterocycles. The minimum atomic E-state index is 0.129. The predicted molar refractivity (Wildman–Crippen MR) is 80.7 cm³/mol. The van der Waals surface area contributed by atoms with Gasteiger partial charge in [-0.15, -0.1) is 0 Å². The summed E-state index contributed by atoms with van der Waals surface area (Å²) in [6.45, 7) is 2.10. The fourth-order valence-electron chi connectivity index (χ4n) is 3.07. The van der Waals surface area contributed by atoms with Gasteiger partial charge in [-0.25, -0.2) is 0 Å². The maximum absolute atomic E-state index is 6.28. The van der Waals surface area contributed by atoms with Gasteiger partial charge < -0.3 is 10.3 Å². The Kier molecular flexibility index (Phi) is 4.29. The van der Waals surface area contributed by atoms with Crippen LogP contribution in [-0.4, -0.2) is 21.2 Å². The highest BCUT2D eigenvalue weighted by Crippen LogP contribution is 2.31. The van der Waals surface area contributed by atoms with Gasteiger partial charge in [0.1, 0.15) is 0 Å². The maximum atomic E-state index is 6.28. The molecular formula is C16H22N4O. The van der Waals surface area contributed by atoms with E-state index in [2.05, 4.69) is 22.0 Å². The number of aromatic nitrogens is 3. The van der Waals surface area contributed by atoms with Crippen LogP contribution in [0.25, 0.3) is 11.4 Å². The Morgan fingerprint density at radius 3 is 3.00 bits per heavy atom. The summed E-state index contributed by atoms with van der Waals surface area (Å²) < 4.78 is 5.52. The van der Waals surface area contributed by atoms with Crippen LogP contribution >= 0.6 is 0 Å². The van der Waals surface area contributed by atoms with E-state index in [1.54, 1.807) is 6.20 Å². The maximum Gasteiger partial charge on any atom is 0.231 e. The first kappa shape index (κ1) is 14.2. The average Bonchev–Trinajstić information content (AvgIpc) is 2.90. The molecule has 2 aromatic rings. The van der Waals surface area contributed by atoms with Crippen LogP contribution in [0.15, 0.2) is 23.0 Å². The van der Waals surface area contributed by atoms with Crippen molar-refractivity contribution in [1.82, 2.24) is 15.1 Å². The van der Waals surface area contributed by atoms with Gasteiger partial charge in [-0.1, -0.05) is 31.3 Å². The van der Waals surface area contributed by atoms with Gasteiger partial charge in [0.15, 0.2) is 0 Å². The highest BCUT2D eigenvalue weighted by Gasteiger charge is 2.27. The summed E-state index contributed by atoms with van der Waals surface area (Å²) in [6, 6.07) is 2.07. The van der Waals surface area contributed by atoms with E-state index in [9.17, 15) is 0 Å². The van der Waals surface area contributed by atoms with Crippen molar-refractivity contribution in [2.24, 2.45) is 5.73 Å². The Labute approximate surface area is 125 Å². The van der Waals surface area contributed by atoms with Crippen molar-refractivity contribution in [2.75, 3.05) is 0 Å². The van der Waals surface area contributed by atoms with Crippen LogP contribution in [0.4, 0.5) is 0 Å². The molecule has 0 aliphatic heterocycles. The zero-order valence-corrected chi connectivity index (χ0v) is 12.5. The molecule has 5 nitrogen and oxygen atoms in total. The smallest absolute Gasteiger partial charge is 0.231 e. The monoisotopic (exact) mass is 286 g/mol. The van der Waals surface area contributed by atoms with Gasteiger partial charge >= 0.3 is 0 Å². The minimum Gasteiger partial charge on any atom is -0.339 e. The lowest BCUT2D eigenvalue weighted by atomic mass is 9.95. The van der Waals surface area contributed by atoms with Gasteiger partial charge in [0.2, 0.25) is 11.7 Å². The van der Waals surface area contributed by atoms with Crippen LogP contribution in [0.3, 0.4) is 0 Å². The fraction of sp³-hybridized carbons (Fsp3) is 0.562. The third-order valence-corrected chi connectivity index (χ3v) is 4.35. The minimum absolute atomic E-state index is 0.129. The lowest BCUT2D eigenvalue weighted by Crippen LogP contribution is -2.27. The van der Waals surface area contributed by atoms with Crippen molar-refractivity contribution >= 4 is 0 Å². The highest BCUT2D eigenvalue weighted by atomic mass is 16.5. The van der Waals surface area contributed by atoms with E-state index in [0.29, 0.717) is 11.7 Å². The van der Waals surface area contributed by atoms with Gasteiger partial charge in [0.25, 0.3) is 0 Å². The summed E-state index contributed by atoms with van der Waals surface area (Å²) in [7, 11) is 0. The van der Waals surface area contributed by atoms with E-state index in [1.165, 1.54) is 19.3 Å². The Bertz CT molecular complexity index is 595. The summed E-state index contributed by atoms with van der Waals surface area (Å²) in [4.78, 5) is 8.78. The van der Waals surface area contributed by atoms with Gasteiger partial charge in [0, 0.05) is 24.0 Å². The standard InChI is InChI=1S/C16H22N4O/c1-2-11-10-18-9-8-12(11)15-19-16(21-20-15)13-6-4-3-5-7-14(13)17/h8-10,13-14H,2-7,17H2,1H3. The molecule has 0 bridgehead atoms. The Hall–Kier alpha value is -1.75. The molecule has 3 rings (SSSR count). The van der Waals surface area contributed by atoms with Crippen LogP contribution in [0.2, 0.25) is 0 Å². The first-order valence-electron chi connectivity index (χ1n) is 7.82. The van der Waals surface area contributed by atoms with E-state index in [0.717, 1.165) is 30.4 Å². The molecule has 112 valence electrons. The molecule has 2 N–H and O–H groups in total. The predicted octanol–water partition coefficient (Wildman–Crippen LogP) is 3.07. The Morgan fingerprint density at radius 2 is 2.14 bits per heavy atom. The lowest BCUT2D eigenvalue weighted by molar-refractivity contribution is 0.326. The highest BCUT2D eigenvalue weighted by molar-refractivity contribution is 5.58. The second-order valence-corrected chi connectivity index (χ2v) is 5.75. The quantitative estimate of drug-likeness (QED) is 0.877. The molecule has 1 fully saturated rings. The zero-order valence-electron chi connectivity index (χ0n) is 12.5. The molecule has 1 aliphatic carbocycles. The topological polar surface area (TPSA) is 77.8 Å². The van der Waals surface area contributed by atoms with Gasteiger partial charge in [0.05, 0.1) is 5.92 Å². The third-order valence-electron chi connectivity index (χ3n) is 4.35. The van der Waals surface area contributed by atoms with E-state index in [-0.39, 0.29) is 12.0 Å². The summed E-state index contributed by atoms with van der Waals surface area (Å²) in [5.41, 5.74) is 8.42. The SMILES string of the molecule is CCc1cnccc1-c1noc(C2CCCCCC2N)n1. The Morgan fingerprint density at radius 1 is 1.29 bits per heavy atom. The molecule has 2 unspecified atom stereocenters. The van der Waals surface area contributed by atoms with Gasteiger partial charge in [-0.05, 0) is 30.9 Å². The van der Waals surface area contributed by atoms with E-state index in [4.69, 9.17) is 10.3 Å². The van der Waals surface area contributed by atoms with Crippen molar-refractivity contribution in [2.45, 2.75) is 57.4 Å². The fourth-order valence-corrected chi connectivity index (χ4v) is 3.07. The zero-order chi connectivity index (χ0) is 14.7. The van der Waals surface area contributed by atoms with E-state index >= 15 is 0 Å².